The monoisotopic (exact) mass is 500 g/mol. The van der Waals surface area contributed by atoms with Gasteiger partial charge in [-0.3, -0.25) is 4.90 Å². The lowest BCUT2D eigenvalue weighted by atomic mass is 9.94. The van der Waals surface area contributed by atoms with Gasteiger partial charge in [0.05, 0.1) is 37.4 Å². The lowest BCUT2D eigenvalue weighted by Gasteiger charge is -2.35. The van der Waals surface area contributed by atoms with Crippen molar-refractivity contribution in [2.45, 2.75) is 26.4 Å². The van der Waals surface area contributed by atoms with Crippen LogP contribution in [0.15, 0.2) is 90.1 Å². The van der Waals surface area contributed by atoms with Crippen LogP contribution in [0, 0.1) is 0 Å². The predicted octanol–water partition coefficient (Wildman–Crippen LogP) is 5.02. The van der Waals surface area contributed by atoms with E-state index in [0.717, 1.165) is 5.56 Å². The van der Waals surface area contributed by atoms with Crippen molar-refractivity contribution < 1.29 is 28.6 Å². The number of ether oxygens (including phenoxy) is 3. The van der Waals surface area contributed by atoms with Gasteiger partial charge in [0.2, 0.25) is 0 Å². The number of nitrogens with zero attached hydrogens (tertiary/aromatic N) is 1. The van der Waals surface area contributed by atoms with Gasteiger partial charge in [-0.2, -0.15) is 0 Å². The second-order valence-corrected chi connectivity index (χ2v) is 8.34. The van der Waals surface area contributed by atoms with E-state index < -0.39 is 18.0 Å². The first-order chi connectivity index (χ1) is 17.9. The Balaban J connectivity index is 1.68. The van der Waals surface area contributed by atoms with Gasteiger partial charge >= 0.3 is 18.0 Å². The van der Waals surface area contributed by atoms with Crippen LogP contribution in [0.25, 0.3) is 0 Å². The first-order valence-corrected chi connectivity index (χ1v) is 11.9. The average Bonchev–Trinajstić information content (AvgIpc) is 2.92. The number of amides is 2. The molecule has 0 aliphatic carbocycles. The fourth-order valence-corrected chi connectivity index (χ4v) is 4.14. The largest absolute Gasteiger partial charge is 0.493 e. The van der Waals surface area contributed by atoms with Crippen LogP contribution in [0.3, 0.4) is 0 Å². The number of esters is 2. The Kier molecular flexibility index (Phi) is 7.88. The number of methoxy groups -OCH3 is 1. The molecule has 4 rings (SSSR count). The van der Waals surface area contributed by atoms with E-state index in [1.165, 1.54) is 12.0 Å². The van der Waals surface area contributed by atoms with E-state index >= 15 is 0 Å². The Morgan fingerprint density at radius 1 is 0.919 bits per heavy atom. The van der Waals surface area contributed by atoms with Crippen LogP contribution < -0.4 is 14.8 Å². The number of carbonyl (C=O) groups is 3. The number of hydrogen-bond donors (Lipinski definition) is 1. The minimum atomic E-state index is -0.786. The van der Waals surface area contributed by atoms with Crippen molar-refractivity contribution in [1.29, 1.82) is 0 Å². The van der Waals surface area contributed by atoms with Gasteiger partial charge in [-0.05, 0) is 49.2 Å². The molecule has 190 valence electrons. The Hall–Kier alpha value is -4.59. The van der Waals surface area contributed by atoms with Crippen LogP contribution >= 0.6 is 0 Å². The molecule has 3 aromatic carbocycles. The number of allylic oxidation sites excluding steroid dienone is 1. The molecule has 0 bridgehead atoms. The molecule has 0 radical (unpaired) electrons. The number of benzene rings is 3. The number of carbonyl (C=O) groups excluding carboxylic acids is 3. The molecule has 8 nitrogen and oxygen atoms in total. The van der Waals surface area contributed by atoms with Crippen LogP contribution in [0.4, 0.5) is 4.79 Å². The Morgan fingerprint density at radius 3 is 2.24 bits per heavy atom. The molecule has 1 atom stereocenters. The third kappa shape index (κ3) is 5.64. The maximum Gasteiger partial charge on any atom is 0.343 e. The molecule has 0 spiro atoms. The van der Waals surface area contributed by atoms with Gasteiger partial charge in [0, 0.05) is 5.70 Å². The van der Waals surface area contributed by atoms with Crippen molar-refractivity contribution in [1.82, 2.24) is 10.2 Å². The summed E-state index contributed by atoms with van der Waals surface area (Å²) in [6.07, 6.45) is 0. The second kappa shape index (κ2) is 11.4. The highest BCUT2D eigenvalue weighted by Gasteiger charge is 2.37. The fraction of sp³-hybridized carbons (Fsp3) is 0.207. The maximum atomic E-state index is 13.2. The summed E-state index contributed by atoms with van der Waals surface area (Å²) in [6, 6.07) is 21.9. The molecule has 37 heavy (non-hydrogen) atoms. The first-order valence-electron chi connectivity index (χ1n) is 11.9. The number of hydrogen-bond acceptors (Lipinski definition) is 6. The molecule has 1 N–H and O–H groups in total. The average molecular weight is 501 g/mol. The van der Waals surface area contributed by atoms with Crippen molar-refractivity contribution in [2.75, 3.05) is 13.7 Å². The summed E-state index contributed by atoms with van der Waals surface area (Å²) < 4.78 is 16.4. The van der Waals surface area contributed by atoms with E-state index in [2.05, 4.69) is 5.32 Å². The summed E-state index contributed by atoms with van der Waals surface area (Å²) in [6.45, 7) is 3.94. The Labute approximate surface area is 215 Å². The molecule has 2 amide bonds. The summed E-state index contributed by atoms with van der Waals surface area (Å²) in [5.74, 6) is -0.561. The SMILES string of the molecule is CCOC(=O)C1=C(C)N(Cc2ccccc2)C(=O)NC1c1ccc(OC(=O)c2ccccc2)c(OC)c1. The van der Waals surface area contributed by atoms with Crippen molar-refractivity contribution in [3.8, 4) is 11.5 Å². The summed E-state index contributed by atoms with van der Waals surface area (Å²) in [4.78, 5) is 40.3. The molecule has 1 heterocycles. The zero-order valence-corrected chi connectivity index (χ0v) is 20.9. The zero-order chi connectivity index (χ0) is 26.4. The van der Waals surface area contributed by atoms with Crippen molar-refractivity contribution in [3.05, 3.63) is 107 Å². The summed E-state index contributed by atoms with van der Waals surface area (Å²) >= 11 is 0. The molecular weight excluding hydrogens is 472 g/mol. The van der Waals surface area contributed by atoms with Crippen molar-refractivity contribution >= 4 is 18.0 Å². The third-order valence-corrected chi connectivity index (χ3v) is 6.01. The van der Waals surface area contributed by atoms with Gasteiger partial charge in [-0.1, -0.05) is 54.6 Å². The highest BCUT2D eigenvalue weighted by Crippen LogP contribution is 2.37. The van der Waals surface area contributed by atoms with E-state index in [1.807, 2.05) is 36.4 Å². The van der Waals surface area contributed by atoms with E-state index in [9.17, 15) is 14.4 Å². The summed E-state index contributed by atoms with van der Waals surface area (Å²) in [5.41, 5.74) is 2.70. The topological polar surface area (TPSA) is 94.2 Å². The fourth-order valence-electron chi connectivity index (χ4n) is 4.14. The number of nitrogens with one attached hydrogen (secondary N) is 1. The predicted molar refractivity (Wildman–Crippen MR) is 137 cm³/mol. The minimum absolute atomic E-state index is 0.187. The van der Waals surface area contributed by atoms with E-state index in [1.54, 1.807) is 56.3 Å². The number of rotatable bonds is 8. The van der Waals surface area contributed by atoms with E-state index in [0.29, 0.717) is 28.9 Å². The van der Waals surface area contributed by atoms with Crippen LogP contribution in [-0.4, -0.2) is 36.6 Å². The molecule has 0 aromatic heterocycles. The molecule has 1 aliphatic rings. The lowest BCUT2D eigenvalue weighted by Crippen LogP contribution is -2.47. The van der Waals surface area contributed by atoms with Gasteiger partial charge in [-0.25, -0.2) is 14.4 Å². The molecule has 0 fully saturated rings. The van der Waals surface area contributed by atoms with Crippen molar-refractivity contribution in [3.63, 3.8) is 0 Å². The van der Waals surface area contributed by atoms with Crippen LogP contribution in [0.5, 0.6) is 11.5 Å². The maximum absolute atomic E-state index is 13.2. The molecule has 1 aliphatic heterocycles. The summed E-state index contributed by atoms with van der Waals surface area (Å²) in [7, 11) is 1.45. The van der Waals surface area contributed by atoms with Gasteiger partial charge in [0.15, 0.2) is 11.5 Å². The third-order valence-electron chi connectivity index (χ3n) is 6.01. The molecule has 3 aromatic rings. The molecule has 8 heteroatoms. The smallest absolute Gasteiger partial charge is 0.343 e. The Morgan fingerprint density at radius 2 is 1.59 bits per heavy atom. The van der Waals surface area contributed by atoms with E-state index in [4.69, 9.17) is 14.2 Å². The van der Waals surface area contributed by atoms with Crippen molar-refractivity contribution in [2.24, 2.45) is 0 Å². The standard InChI is InChI=1S/C29H28N2O6/c1-4-36-28(33)25-19(2)31(18-20-11-7-5-8-12-20)29(34)30-26(25)22-15-16-23(24(17-22)35-3)37-27(32)21-13-9-6-10-14-21/h5-17,26H,4,18H2,1-3H3,(H,30,34). The van der Waals surface area contributed by atoms with Crippen LogP contribution in [0.1, 0.15) is 41.4 Å². The molecule has 0 saturated heterocycles. The van der Waals surface area contributed by atoms with Crippen LogP contribution in [0.2, 0.25) is 0 Å². The first kappa shape index (κ1) is 25.5. The summed E-state index contributed by atoms with van der Waals surface area (Å²) in [5, 5.41) is 2.93. The zero-order valence-electron chi connectivity index (χ0n) is 20.9. The second-order valence-electron chi connectivity index (χ2n) is 8.34. The van der Waals surface area contributed by atoms with E-state index in [-0.39, 0.29) is 24.1 Å². The molecular formula is C29H28N2O6. The Bertz CT molecular complexity index is 1320. The highest BCUT2D eigenvalue weighted by molar-refractivity contribution is 5.95. The minimum Gasteiger partial charge on any atom is -0.493 e. The van der Waals surface area contributed by atoms with Gasteiger partial charge < -0.3 is 19.5 Å². The van der Waals surface area contributed by atoms with Gasteiger partial charge in [-0.15, -0.1) is 0 Å². The lowest BCUT2D eigenvalue weighted by molar-refractivity contribution is -0.139. The van der Waals surface area contributed by atoms with Gasteiger partial charge in [0.25, 0.3) is 0 Å². The van der Waals surface area contributed by atoms with Gasteiger partial charge in [0.1, 0.15) is 0 Å². The molecule has 0 saturated carbocycles. The highest BCUT2D eigenvalue weighted by atomic mass is 16.6. The normalized spacial score (nSPS) is 15.2. The molecule has 1 unspecified atom stereocenters. The van der Waals surface area contributed by atoms with Crippen LogP contribution in [-0.2, 0) is 16.1 Å². The number of urea groups is 1. The quantitative estimate of drug-likeness (QED) is 0.345.